The van der Waals surface area contributed by atoms with Gasteiger partial charge in [0, 0.05) is 23.4 Å². The first-order valence-electron chi connectivity index (χ1n) is 11.6. The molecule has 1 heterocycles. The van der Waals surface area contributed by atoms with Crippen molar-refractivity contribution in [3.05, 3.63) is 64.7 Å². The van der Waals surface area contributed by atoms with E-state index in [-0.39, 0.29) is 23.7 Å². The molecule has 0 saturated heterocycles. The van der Waals surface area contributed by atoms with Gasteiger partial charge in [0.15, 0.2) is 0 Å². The Hall–Kier alpha value is -2.27. The highest BCUT2D eigenvalue weighted by Gasteiger charge is 2.23. The van der Waals surface area contributed by atoms with E-state index >= 15 is 4.39 Å². The highest BCUT2D eigenvalue weighted by molar-refractivity contribution is 5.94. The second-order valence-corrected chi connectivity index (χ2v) is 9.50. The lowest BCUT2D eigenvalue weighted by atomic mass is 9.82. The Kier molecular flexibility index (Phi) is 8.19. The van der Waals surface area contributed by atoms with Crippen molar-refractivity contribution < 1.29 is 9.18 Å². The largest absolute Gasteiger partial charge is 0.346 e. The SMILES string of the molecule is Cc1ccc(CNC(=O)c2ccc(C(NC[C@H]3CC[C@H](C)CC3)C(C)C)c(F)c2)nc1. The van der Waals surface area contributed by atoms with Crippen LogP contribution in [0.3, 0.4) is 0 Å². The van der Waals surface area contributed by atoms with E-state index in [0.29, 0.717) is 23.6 Å². The molecule has 2 N–H and O–H groups in total. The molecule has 0 aliphatic heterocycles. The summed E-state index contributed by atoms with van der Waals surface area (Å²) in [7, 11) is 0. The van der Waals surface area contributed by atoms with Crippen molar-refractivity contribution in [3.8, 4) is 0 Å². The van der Waals surface area contributed by atoms with Crippen molar-refractivity contribution in [2.75, 3.05) is 6.54 Å². The first-order valence-corrected chi connectivity index (χ1v) is 11.6. The second kappa shape index (κ2) is 10.9. The molecule has 1 saturated carbocycles. The standard InChI is InChI=1S/C26H36FN3O/c1-17(2)25(29-15-20-8-5-18(3)6-9-20)23-12-10-21(13-24(23)27)26(31)30-16-22-11-7-19(4)14-28-22/h7,10-14,17-18,20,25,29H,5-6,8-9,15-16H2,1-4H3,(H,30,31)/t18-,20-,25?. The Labute approximate surface area is 186 Å². The smallest absolute Gasteiger partial charge is 0.251 e. The van der Waals surface area contributed by atoms with Gasteiger partial charge in [-0.2, -0.15) is 0 Å². The van der Waals surface area contributed by atoms with Gasteiger partial charge in [0.2, 0.25) is 0 Å². The van der Waals surface area contributed by atoms with Crippen LogP contribution in [0.1, 0.15) is 79.7 Å². The van der Waals surface area contributed by atoms with Crippen molar-refractivity contribution in [2.45, 2.75) is 66.0 Å². The Morgan fingerprint density at radius 3 is 2.52 bits per heavy atom. The van der Waals surface area contributed by atoms with Crippen LogP contribution in [0.2, 0.25) is 0 Å². The summed E-state index contributed by atoms with van der Waals surface area (Å²) in [4.78, 5) is 16.8. The molecule has 1 fully saturated rings. The average molecular weight is 426 g/mol. The number of nitrogens with zero attached hydrogens (tertiary/aromatic N) is 1. The van der Waals surface area contributed by atoms with Gasteiger partial charge < -0.3 is 10.6 Å². The van der Waals surface area contributed by atoms with Gasteiger partial charge in [-0.3, -0.25) is 9.78 Å². The van der Waals surface area contributed by atoms with Gasteiger partial charge in [0.25, 0.3) is 5.91 Å². The lowest BCUT2D eigenvalue weighted by Crippen LogP contribution is -2.32. The minimum Gasteiger partial charge on any atom is -0.346 e. The second-order valence-electron chi connectivity index (χ2n) is 9.50. The van der Waals surface area contributed by atoms with E-state index in [1.807, 2.05) is 19.1 Å². The maximum atomic E-state index is 15.0. The van der Waals surface area contributed by atoms with Gasteiger partial charge in [-0.25, -0.2) is 4.39 Å². The van der Waals surface area contributed by atoms with E-state index in [0.717, 1.165) is 23.7 Å². The van der Waals surface area contributed by atoms with Crippen molar-refractivity contribution in [3.63, 3.8) is 0 Å². The fourth-order valence-electron chi connectivity index (χ4n) is 4.33. The summed E-state index contributed by atoms with van der Waals surface area (Å²) in [6.45, 7) is 9.74. The van der Waals surface area contributed by atoms with Crippen LogP contribution in [0.5, 0.6) is 0 Å². The zero-order chi connectivity index (χ0) is 22.4. The van der Waals surface area contributed by atoms with Crippen LogP contribution in [0.4, 0.5) is 4.39 Å². The quantitative estimate of drug-likeness (QED) is 0.581. The van der Waals surface area contributed by atoms with Crippen molar-refractivity contribution >= 4 is 5.91 Å². The number of carbonyl (C=O) groups excluding carboxylic acids is 1. The van der Waals surface area contributed by atoms with Crippen molar-refractivity contribution in [1.82, 2.24) is 15.6 Å². The molecule has 0 bridgehead atoms. The van der Waals surface area contributed by atoms with Crippen molar-refractivity contribution in [2.24, 2.45) is 17.8 Å². The number of aryl methyl sites for hydroxylation is 1. The predicted molar refractivity (Wildman–Crippen MR) is 123 cm³/mol. The molecule has 1 atom stereocenters. The van der Waals surface area contributed by atoms with Gasteiger partial charge in [-0.15, -0.1) is 0 Å². The van der Waals surface area contributed by atoms with Gasteiger partial charge in [0.1, 0.15) is 5.82 Å². The number of hydrogen-bond donors (Lipinski definition) is 2. The van der Waals surface area contributed by atoms with Crippen LogP contribution < -0.4 is 10.6 Å². The highest BCUT2D eigenvalue weighted by Crippen LogP contribution is 2.30. The number of pyridine rings is 1. The summed E-state index contributed by atoms with van der Waals surface area (Å²) in [5.74, 6) is 1.13. The lowest BCUT2D eigenvalue weighted by molar-refractivity contribution is 0.0950. The minimum absolute atomic E-state index is 0.0618. The Balaban J connectivity index is 1.61. The average Bonchev–Trinajstić information content (AvgIpc) is 2.75. The van der Waals surface area contributed by atoms with E-state index in [1.54, 1.807) is 18.3 Å². The molecule has 0 spiro atoms. The molecular formula is C26H36FN3O. The maximum Gasteiger partial charge on any atom is 0.251 e. The zero-order valence-electron chi connectivity index (χ0n) is 19.2. The fourth-order valence-corrected chi connectivity index (χ4v) is 4.33. The number of nitrogens with one attached hydrogen (secondary N) is 2. The minimum atomic E-state index is -0.329. The number of benzene rings is 1. The molecule has 5 heteroatoms. The molecule has 1 aliphatic carbocycles. The monoisotopic (exact) mass is 425 g/mol. The number of rotatable bonds is 8. The Morgan fingerprint density at radius 1 is 1.16 bits per heavy atom. The van der Waals surface area contributed by atoms with E-state index in [9.17, 15) is 4.79 Å². The van der Waals surface area contributed by atoms with E-state index in [4.69, 9.17) is 0 Å². The van der Waals surface area contributed by atoms with Crippen LogP contribution >= 0.6 is 0 Å². The molecule has 1 aliphatic rings. The van der Waals surface area contributed by atoms with E-state index < -0.39 is 0 Å². The fraction of sp³-hybridized carbons (Fsp3) is 0.538. The molecular weight excluding hydrogens is 389 g/mol. The molecule has 1 amide bonds. The predicted octanol–water partition coefficient (Wildman–Crippen LogP) is 5.57. The molecule has 1 aromatic heterocycles. The number of carbonyl (C=O) groups is 1. The van der Waals surface area contributed by atoms with Crippen LogP contribution in [0.25, 0.3) is 0 Å². The normalized spacial score (nSPS) is 19.9. The summed E-state index contributed by atoms with van der Waals surface area (Å²) >= 11 is 0. The first kappa shape index (κ1) is 23.4. The number of amides is 1. The van der Waals surface area contributed by atoms with Crippen LogP contribution in [0, 0.1) is 30.5 Å². The third kappa shape index (κ3) is 6.60. The van der Waals surface area contributed by atoms with E-state index in [2.05, 4.69) is 36.4 Å². The van der Waals surface area contributed by atoms with Gasteiger partial charge in [-0.1, -0.05) is 45.7 Å². The van der Waals surface area contributed by atoms with E-state index in [1.165, 1.54) is 31.7 Å². The van der Waals surface area contributed by atoms with Gasteiger partial charge in [-0.05, 0) is 67.8 Å². The summed E-state index contributed by atoms with van der Waals surface area (Å²) < 4.78 is 15.0. The topological polar surface area (TPSA) is 54.0 Å². The number of halogens is 1. The first-order chi connectivity index (χ1) is 14.8. The van der Waals surface area contributed by atoms with Crippen LogP contribution in [-0.2, 0) is 6.54 Å². The van der Waals surface area contributed by atoms with Gasteiger partial charge >= 0.3 is 0 Å². The lowest BCUT2D eigenvalue weighted by Gasteiger charge is -2.30. The summed E-state index contributed by atoms with van der Waals surface area (Å²) in [5, 5.41) is 6.43. The van der Waals surface area contributed by atoms with Crippen LogP contribution in [-0.4, -0.2) is 17.4 Å². The molecule has 168 valence electrons. The molecule has 31 heavy (non-hydrogen) atoms. The zero-order valence-corrected chi connectivity index (χ0v) is 19.2. The van der Waals surface area contributed by atoms with Crippen molar-refractivity contribution in [1.29, 1.82) is 0 Å². The summed E-state index contributed by atoms with van der Waals surface area (Å²) in [5.41, 5.74) is 2.81. The number of aromatic nitrogens is 1. The molecule has 0 radical (unpaired) electrons. The van der Waals surface area contributed by atoms with Crippen LogP contribution in [0.15, 0.2) is 36.5 Å². The summed E-state index contributed by atoms with van der Waals surface area (Å²) in [6.07, 6.45) is 6.83. The molecule has 1 aromatic carbocycles. The van der Waals surface area contributed by atoms with Gasteiger partial charge in [0.05, 0.1) is 12.2 Å². The molecule has 1 unspecified atom stereocenters. The molecule has 4 nitrogen and oxygen atoms in total. The summed E-state index contributed by atoms with van der Waals surface area (Å²) in [6, 6.07) is 8.60. The maximum absolute atomic E-state index is 15.0. The molecule has 3 rings (SSSR count). The third-order valence-electron chi connectivity index (χ3n) is 6.43. The molecule has 2 aromatic rings. The Morgan fingerprint density at radius 2 is 1.90 bits per heavy atom. The Bertz CT molecular complexity index is 857. The highest BCUT2D eigenvalue weighted by atomic mass is 19.1. The number of hydrogen-bond acceptors (Lipinski definition) is 3. The third-order valence-corrected chi connectivity index (χ3v) is 6.43.